The van der Waals surface area contributed by atoms with Crippen LogP contribution in [-0.2, 0) is 9.59 Å². The Morgan fingerprint density at radius 1 is 1.17 bits per heavy atom. The van der Waals surface area contributed by atoms with Crippen molar-refractivity contribution in [1.82, 2.24) is 15.8 Å². The second-order valence-corrected chi connectivity index (χ2v) is 7.89. The minimum Gasteiger partial charge on any atom is -0.322 e. The third kappa shape index (κ3) is 2.52. The van der Waals surface area contributed by atoms with Gasteiger partial charge in [0.2, 0.25) is 5.91 Å². The van der Waals surface area contributed by atoms with Gasteiger partial charge in [0, 0.05) is 6.42 Å². The molecule has 1 heterocycles. The molecule has 126 valence electrons. The molecular weight excluding hydrogens is 294 g/mol. The highest BCUT2D eigenvalue weighted by Gasteiger charge is 2.52. The molecule has 1 saturated heterocycles. The molecule has 3 atom stereocenters. The van der Waals surface area contributed by atoms with Crippen molar-refractivity contribution in [3.8, 4) is 0 Å². The van der Waals surface area contributed by atoms with Crippen molar-refractivity contribution in [1.29, 1.82) is 0 Å². The van der Waals surface area contributed by atoms with Gasteiger partial charge in [-0.1, -0.05) is 25.7 Å². The number of hydrogen-bond donors (Lipinski definition) is 2. The summed E-state index contributed by atoms with van der Waals surface area (Å²) in [5.41, 5.74) is 1.80. The van der Waals surface area contributed by atoms with Crippen LogP contribution in [0, 0.1) is 17.8 Å². The van der Waals surface area contributed by atoms with Crippen LogP contribution in [0.4, 0.5) is 4.79 Å². The highest BCUT2D eigenvalue weighted by molar-refractivity contribution is 6.08. The molecule has 3 aliphatic carbocycles. The third-order valence-corrected chi connectivity index (χ3v) is 6.44. The number of nitrogens with zero attached hydrogens (tertiary/aromatic N) is 1. The second-order valence-electron chi connectivity index (χ2n) is 7.89. The molecule has 4 rings (SSSR count). The number of carbonyl (C=O) groups excluding carboxylic acids is 3. The molecule has 2 bridgehead atoms. The van der Waals surface area contributed by atoms with Crippen molar-refractivity contribution < 1.29 is 14.4 Å². The van der Waals surface area contributed by atoms with Crippen LogP contribution in [0.2, 0.25) is 0 Å². The fourth-order valence-electron chi connectivity index (χ4n) is 5.25. The molecule has 23 heavy (non-hydrogen) atoms. The van der Waals surface area contributed by atoms with E-state index < -0.39 is 11.6 Å². The van der Waals surface area contributed by atoms with Gasteiger partial charge in [0.25, 0.3) is 5.91 Å². The monoisotopic (exact) mass is 319 g/mol. The van der Waals surface area contributed by atoms with Crippen molar-refractivity contribution >= 4 is 17.8 Å². The van der Waals surface area contributed by atoms with Gasteiger partial charge in [-0.15, -0.1) is 0 Å². The van der Waals surface area contributed by atoms with Crippen LogP contribution < -0.4 is 10.7 Å². The summed E-state index contributed by atoms with van der Waals surface area (Å²) < 4.78 is 0. The van der Waals surface area contributed by atoms with Gasteiger partial charge >= 0.3 is 6.03 Å². The van der Waals surface area contributed by atoms with E-state index in [-0.39, 0.29) is 11.8 Å². The number of carbonyl (C=O) groups is 3. The van der Waals surface area contributed by atoms with E-state index in [1.54, 1.807) is 0 Å². The number of amides is 4. The van der Waals surface area contributed by atoms with Crippen LogP contribution in [0.15, 0.2) is 0 Å². The SMILES string of the molecule is O=C(CC1CC2CCC1C2)NN1C(=O)NC2(CCCCC2)C1=O. The quantitative estimate of drug-likeness (QED) is 0.782. The van der Waals surface area contributed by atoms with Crippen LogP contribution in [-0.4, -0.2) is 28.4 Å². The van der Waals surface area contributed by atoms with Gasteiger partial charge in [-0.05, 0) is 49.9 Å². The van der Waals surface area contributed by atoms with Crippen LogP contribution in [0.25, 0.3) is 0 Å². The van der Waals surface area contributed by atoms with Crippen LogP contribution >= 0.6 is 0 Å². The van der Waals surface area contributed by atoms with Crippen molar-refractivity contribution in [3.63, 3.8) is 0 Å². The Hall–Kier alpha value is -1.59. The van der Waals surface area contributed by atoms with Crippen molar-refractivity contribution in [3.05, 3.63) is 0 Å². The molecule has 0 radical (unpaired) electrons. The number of hydrogen-bond acceptors (Lipinski definition) is 3. The summed E-state index contributed by atoms with van der Waals surface area (Å²) >= 11 is 0. The summed E-state index contributed by atoms with van der Waals surface area (Å²) in [6.07, 6.45) is 9.69. The van der Waals surface area contributed by atoms with Gasteiger partial charge in [0.05, 0.1) is 0 Å². The van der Waals surface area contributed by atoms with Crippen LogP contribution in [0.1, 0.15) is 64.2 Å². The lowest BCUT2D eigenvalue weighted by Crippen LogP contribution is -2.51. The Bertz CT molecular complexity index is 541. The van der Waals surface area contributed by atoms with Gasteiger partial charge in [0.15, 0.2) is 0 Å². The average molecular weight is 319 g/mol. The molecule has 0 aromatic rings. The lowest BCUT2D eigenvalue weighted by molar-refractivity contribution is -0.140. The topological polar surface area (TPSA) is 78.5 Å². The number of hydrazine groups is 1. The molecule has 4 aliphatic rings. The van der Waals surface area contributed by atoms with E-state index in [1.165, 1.54) is 19.3 Å². The molecule has 1 aliphatic heterocycles. The number of imide groups is 1. The molecule has 0 aromatic carbocycles. The van der Waals surface area contributed by atoms with E-state index >= 15 is 0 Å². The largest absolute Gasteiger partial charge is 0.344 e. The van der Waals surface area contributed by atoms with Gasteiger partial charge in [-0.3, -0.25) is 15.0 Å². The molecule has 6 nitrogen and oxygen atoms in total. The predicted molar refractivity (Wildman–Crippen MR) is 82.9 cm³/mol. The number of fused-ring (bicyclic) bond motifs is 2. The first-order valence-electron chi connectivity index (χ1n) is 9.03. The van der Waals surface area contributed by atoms with Gasteiger partial charge in [0.1, 0.15) is 5.54 Å². The zero-order valence-electron chi connectivity index (χ0n) is 13.5. The van der Waals surface area contributed by atoms with Crippen molar-refractivity contribution in [2.75, 3.05) is 0 Å². The Morgan fingerprint density at radius 3 is 2.61 bits per heavy atom. The first-order chi connectivity index (χ1) is 11.1. The lowest BCUT2D eigenvalue weighted by atomic mass is 9.82. The Balaban J connectivity index is 1.37. The maximum atomic E-state index is 12.6. The second kappa shape index (κ2) is 5.49. The predicted octanol–water partition coefficient (Wildman–Crippen LogP) is 2.10. The van der Waals surface area contributed by atoms with E-state index in [2.05, 4.69) is 10.7 Å². The molecule has 2 N–H and O–H groups in total. The standard InChI is InChI=1S/C17H25N3O3/c21-14(10-13-9-11-4-5-12(13)8-11)19-20-15(22)17(18-16(20)23)6-2-1-3-7-17/h11-13H,1-10H2,(H,18,23)(H,19,21). The lowest BCUT2D eigenvalue weighted by Gasteiger charge is -2.30. The summed E-state index contributed by atoms with van der Waals surface area (Å²) in [7, 11) is 0. The molecule has 0 aromatic heterocycles. The summed E-state index contributed by atoms with van der Waals surface area (Å²) in [5.74, 6) is 1.42. The summed E-state index contributed by atoms with van der Waals surface area (Å²) in [4.78, 5) is 37.1. The zero-order valence-corrected chi connectivity index (χ0v) is 13.5. The fraction of sp³-hybridized carbons (Fsp3) is 0.824. The fourth-order valence-corrected chi connectivity index (χ4v) is 5.25. The molecule has 3 saturated carbocycles. The maximum absolute atomic E-state index is 12.6. The van der Waals surface area contributed by atoms with Crippen molar-refractivity contribution in [2.24, 2.45) is 17.8 Å². The molecule has 6 heteroatoms. The minimum atomic E-state index is -0.769. The first-order valence-corrected chi connectivity index (χ1v) is 9.03. The Kier molecular flexibility index (Phi) is 3.58. The van der Waals surface area contributed by atoms with Gasteiger partial charge in [-0.25, -0.2) is 4.79 Å². The third-order valence-electron chi connectivity index (χ3n) is 6.44. The van der Waals surface area contributed by atoms with E-state index in [4.69, 9.17) is 0 Å². The maximum Gasteiger partial charge on any atom is 0.344 e. The number of rotatable bonds is 3. The number of urea groups is 1. The normalized spacial score (nSPS) is 35.0. The summed E-state index contributed by atoms with van der Waals surface area (Å²) in [6.45, 7) is 0. The van der Waals surface area contributed by atoms with Gasteiger partial charge in [-0.2, -0.15) is 5.01 Å². The number of nitrogens with one attached hydrogen (secondary N) is 2. The van der Waals surface area contributed by atoms with Gasteiger partial charge < -0.3 is 5.32 Å². The van der Waals surface area contributed by atoms with E-state index in [9.17, 15) is 14.4 Å². The van der Waals surface area contributed by atoms with E-state index in [1.807, 2.05) is 0 Å². The molecule has 4 fully saturated rings. The van der Waals surface area contributed by atoms with E-state index in [0.29, 0.717) is 31.1 Å². The Morgan fingerprint density at radius 2 is 1.96 bits per heavy atom. The zero-order chi connectivity index (χ0) is 16.0. The summed E-state index contributed by atoms with van der Waals surface area (Å²) in [5, 5.41) is 3.75. The molecule has 4 amide bonds. The highest BCUT2D eigenvalue weighted by atomic mass is 16.2. The summed E-state index contributed by atoms with van der Waals surface area (Å²) in [6, 6.07) is -0.474. The molecule has 3 unspecified atom stereocenters. The first kappa shape index (κ1) is 15.0. The average Bonchev–Trinajstić information content (AvgIpc) is 3.20. The van der Waals surface area contributed by atoms with Crippen LogP contribution in [0.3, 0.4) is 0 Å². The molecule has 1 spiro atoms. The highest BCUT2D eigenvalue weighted by Crippen LogP contribution is 2.49. The minimum absolute atomic E-state index is 0.195. The van der Waals surface area contributed by atoms with Crippen molar-refractivity contribution in [2.45, 2.75) is 69.7 Å². The molecular formula is C17H25N3O3. The Labute approximate surface area is 136 Å². The smallest absolute Gasteiger partial charge is 0.322 e. The van der Waals surface area contributed by atoms with Crippen LogP contribution in [0.5, 0.6) is 0 Å². The van der Waals surface area contributed by atoms with E-state index in [0.717, 1.165) is 36.6 Å².